The highest BCUT2D eigenvalue weighted by molar-refractivity contribution is 6.17. The lowest BCUT2D eigenvalue weighted by Crippen LogP contribution is -2.16. The van der Waals surface area contributed by atoms with Gasteiger partial charge in [0, 0.05) is 10.9 Å². The molecule has 0 atom stereocenters. The van der Waals surface area contributed by atoms with Crippen LogP contribution in [0.4, 0.5) is 5.69 Å². The highest BCUT2D eigenvalue weighted by Gasteiger charge is 2.25. The second kappa shape index (κ2) is 8.11. The summed E-state index contributed by atoms with van der Waals surface area (Å²) in [5.74, 6) is 1.23. The van der Waals surface area contributed by atoms with Gasteiger partial charge >= 0.3 is 0 Å². The summed E-state index contributed by atoms with van der Waals surface area (Å²) >= 11 is 0. The Morgan fingerprint density at radius 1 is 0.969 bits per heavy atom. The number of methoxy groups -OCH3 is 1. The highest BCUT2D eigenvalue weighted by Crippen LogP contribution is 2.36. The van der Waals surface area contributed by atoms with Crippen molar-refractivity contribution in [1.29, 1.82) is 0 Å². The second-order valence-corrected chi connectivity index (χ2v) is 7.27. The van der Waals surface area contributed by atoms with Crippen LogP contribution in [0.25, 0.3) is 11.0 Å². The number of ketones is 1. The molecule has 160 valence electrons. The van der Waals surface area contributed by atoms with E-state index in [1.807, 2.05) is 24.3 Å². The molecule has 1 amide bonds. The normalized spacial score (nSPS) is 12.0. The Balaban J connectivity index is 1.46. The number of benzene rings is 3. The van der Waals surface area contributed by atoms with Gasteiger partial charge in [-0.3, -0.25) is 9.59 Å². The van der Waals surface area contributed by atoms with E-state index < -0.39 is 0 Å². The number of para-hydroxylation sites is 1. The van der Waals surface area contributed by atoms with Crippen LogP contribution in [0.5, 0.6) is 17.2 Å². The van der Waals surface area contributed by atoms with E-state index in [9.17, 15) is 9.59 Å². The molecule has 0 saturated heterocycles. The van der Waals surface area contributed by atoms with Gasteiger partial charge in [-0.1, -0.05) is 24.3 Å². The number of anilines is 1. The molecule has 5 rings (SSSR count). The fraction of sp³-hybridized carbons (Fsp3) is 0.120. The first-order valence-electron chi connectivity index (χ1n) is 10.0. The number of nitrogens with one attached hydrogen (secondary N) is 1. The maximum atomic E-state index is 13.3. The van der Waals surface area contributed by atoms with Gasteiger partial charge in [0.15, 0.2) is 17.3 Å². The smallest absolute Gasteiger partial charge is 0.231 e. The molecule has 1 aliphatic heterocycles. The Kier molecular flexibility index (Phi) is 4.99. The van der Waals surface area contributed by atoms with Crippen molar-refractivity contribution in [3.8, 4) is 17.2 Å². The van der Waals surface area contributed by atoms with Crippen LogP contribution >= 0.6 is 0 Å². The molecule has 4 aromatic rings. The van der Waals surface area contributed by atoms with E-state index in [0.717, 1.165) is 5.56 Å². The van der Waals surface area contributed by atoms with Gasteiger partial charge in [-0.05, 0) is 48.0 Å². The molecule has 0 saturated carbocycles. The summed E-state index contributed by atoms with van der Waals surface area (Å²) in [6.45, 7) is 0.115. The van der Waals surface area contributed by atoms with E-state index in [0.29, 0.717) is 39.5 Å². The number of carbonyl (C=O) groups excluding carboxylic acids is 2. The molecule has 0 aliphatic carbocycles. The van der Waals surface area contributed by atoms with E-state index in [-0.39, 0.29) is 30.7 Å². The van der Waals surface area contributed by atoms with Crippen molar-refractivity contribution in [2.24, 2.45) is 0 Å². The number of ether oxygens (including phenoxy) is 3. The Labute approximate surface area is 183 Å². The SMILES string of the molecule is COc1ccc(CC(=O)Nc2c(C(=O)c3ccc4c(c3)OCO4)oc3ccccc23)cc1. The van der Waals surface area contributed by atoms with E-state index in [1.165, 1.54) is 0 Å². The van der Waals surface area contributed by atoms with Crippen molar-refractivity contribution in [3.05, 3.63) is 83.6 Å². The van der Waals surface area contributed by atoms with Crippen molar-refractivity contribution < 1.29 is 28.2 Å². The maximum absolute atomic E-state index is 13.3. The molecule has 32 heavy (non-hydrogen) atoms. The number of furan rings is 1. The largest absolute Gasteiger partial charge is 0.497 e. The van der Waals surface area contributed by atoms with Gasteiger partial charge in [-0.2, -0.15) is 0 Å². The lowest BCUT2D eigenvalue weighted by Gasteiger charge is -2.07. The molecule has 0 radical (unpaired) electrons. The molecule has 7 heteroatoms. The van der Waals surface area contributed by atoms with E-state index in [1.54, 1.807) is 49.6 Å². The van der Waals surface area contributed by atoms with Crippen LogP contribution in [-0.4, -0.2) is 25.6 Å². The lowest BCUT2D eigenvalue weighted by molar-refractivity contribution is -0.115. The monoisotopic (exact) mass is 429 g/mol. The van der Waals surface area contributed by atoms with Crippen LogP contribution in [0.15, 0.2) is 71.1 Å². The minimum Gasteiger partial charge on any atom is -0.497 e. The molecule has 7 nitrogen and oxygen atoms in total. The molecular formula is C25H19NO6. The van der Waals surface area contributed by atoms with E-state index in [4.69, 9.17) is 18.6 Å². The predicted molar refractivity (Wildman–Crippen MR) is 118 cm³/mol. The third-order valence-corrected chi connectivity index (χ3v) is 5.22. The molecule has 0 unspecified atom stereocenters. The van der Waals surface area contributed by atoms with Crippen LogP contribution in [0.3, 0.4) is 0 Å². The van der Waals surface area contributed by atoms with Crippen LogP contribution in [0.1, 0.15) is 21.7 Å². The van der Waals surface area contributed by atoms with Gasteiger partial charge in [0.05, 0.1) is 19.2 Å². The first-order chi connectivity index (χ1) is 15.6. The quantitative estimate of drug-likeness (QED) is 0.452. The molecular weight excluding hydrogens is 410 g/mol. The summed E-state index contributed by atoms with van der Waals surface area (Å²) in [6.07, 6.45) is 0.140. The third kappa shape index (κ3) is 3.65. The van der Waals surface area contributed by atoms with Crippen LogP contribution < -0.4 is 19.5 Å². The first kappa shape index (κ1) is 19.7. The number of carbonyl (C=O) groups is 2. The Hall–Kier alpha value is -4.26. The minimum atomic E-state index is -0.362. The number of amides is 1. The van der Waals surface area contributed by atoms with Gasteiger partial charge in [0.1, 0.15) is 11.3 Å². The van der Waals surface area contributed by atoms with Gasteiger partial charge in [0.2, 0.25) is 18.5 Å². The molecule has 0 fully saturated rings. The van der Waals surface area contributed by atoms with Gasteiger partial charge in [0.25, 0.3) is 0 Å². The number of rotatable bonds is 6. The van der Waals surface area contributed by atoms with Crippen molar-refractivity contribution in [2.45, 2.75) is 6.42 Å². The maximum Gasteiger partial charge on any atom is 0.231 e. The first-order valence-corrected chi connectivity index (χ1v) is 10.0. The highest BCUT2D eigenvalue weighted by atomic mass is 16.7. The average molecular weight is 429 g/mol. The minimum absolute atomic E-state index is 0.0631. The molecule has 1 aliphatic rings. The predicted octanol–water partition coefficient (Wildman–Crippen LogP) is 4.58. The molecule has 1 aromatic heterocycles. The molecule has 3 aromatic carbocycles. The van der Waals surface area contributed by atoms with Crippen molar-refractivity contribution >= 4 is 28.3 Å². The van der Waals surface area contributed by atoms with Crippen LogP contribution in [0, 0.1) is 0 Å². The molecule has 0 bridgehead atoms. The van der Waals surface area contributed by atoms with Crippen molar-refractivity contribution in [1.82, 2.24) is 0 Å². The number of fused-ring (bicyclic) bond motifs is 2. The fourth-order valence-electron chi connectivity index (χ4n) is 3.61. The van der Waals surface area contributed by atoms with Crippen LogP contribution in [0.2, 0.25) is 0 Å². The van der Waals surface area contributed by atoms with E-state index >= 15 is 0 Å². The van der Waals surface area contributed by atoms with Gasteiger partial charge in [-0.25, -0.2) is 0 Å². The zero-order valence-electron chi connectivity index (χ0n) is 17.2. The van der Waals surface area contributed by atoms with Gasteiger partial charge < -0.3 is 23.9 Å². The Bertz CT molecular complexity index is 1320. The molecule has 2 heterocycles. The van der Waals surface area contributed by atoms with Crippen molar-refractivity contribution in [2.75, 3.05) is 19.2 Å². The van der Waals surface area contributed by atoms with Crippen LogP contribution in [-0.2, 0) is 11.2 Å². The Morgan fingerprint density at radius 3 is 2.56 bits per heavy atom. The summed E-state index contributed by atoms with van der Waals surface area (Å²) < 4.78 is 21.7. The Morgan fingerprint density at radius 2 is 1.75 bits per heavy atom. The topological polar surface area (TPSA) is 87.0 Å². The summed E-state index contributed by atoms with van der Waals surface area (Å²) in [4.78, 5) is 26.1. The number of hydrogen-bond donors (Lipinski definition) is 1. The third-order valence-electron chi connectivity index (χ3n) is 5.22. The zero-order valence-corrected chi connectivity index (χ0v) is 17.2. The summed E-state index contributed by atoms with van der Waals surface area (Å²) in [5, 5.41) is 3.53. The average Bonchev–Trinajstić information content (AvgIpc) is 3.43. The summed E-state index contributed by atoms with van der Waals surface area (Å²) in [6, 6.07) is 19.4. The second-order valence-electron chi connectivity index (χ2n) is 7.27. The molecule has 1 N–H and O–H groups in total. The summed E-state index contributed by atoms with van der Waals surface area (Å²) in [5.41, 5.74) is 2.05. The van der Waals surface area contributed by atoms with Gasteiger partial charge in [-0.15, -0.1) is 0 Å². The van der Waals surface area contributed by atoms with Crippen molar-refractivity contribution in [3.63, 3.8) is 0 Å². The number of hydrogen-bond acceptors (Lipinski definition) is 6. The summed E-state index contributed by atoms with van der Waals surface area (Å²) in [7, 11) is 1.59. The molecule has 0 spiro atoms. The zero-order chi connectivity index (χ0) is 22.1. The van der Waals surface area contributed by atoms with E-state index in [2.05, 4.69) is 5.32 Å². The lowest BCUT2D eigenvalue weighted by atomic mass is 10.1. The fourth-order valence-corrected chi connectivity index (χ4v) is 3.61. The standard InChI is InChI=1S/C25H19NO6/c1-29-17-9-6-15(7-10-17)12-22(27)26-23-18-4-2-3-5-19(18)32-25(23)24(28)16-8-11-20-21(13-16)31-14-30-20/h2-11,13H,12,14H2,1H3,(H,26,27).